The van der Waals surface area contributed by atoms with Crippen molar-refractivity contribution < 1.29 is 27.6 Å². The number of nitrogens with one attached hydrogen (secondary N) is 1. The van der Waals surface area contributed by atoms with Crippen molar-refractivity contribution in [2.75, 3.05) is 0 Å². The van der Waals surface area contributed by atoms with Gasteiger partial charge in [-0.25, -0.2) is 13.8 Å². The lowest BCUT2D eigenvalue weighted by Gasteiger charge is -2.39. The molecule has 2 fully saturated rings. The molecule has 2 heterocycles. The number of amidine groups is 1. The molecule has 0 spiro atoms. The van der Waals surface area contributed by atoms with Crippen molar-refractivity contribution in [3.8, 4) is 23.5 Å². The van der Waals surface area contributed by atoms with Crippen molar-refractivity contribution in [2.45, 2.75) is 56.4 Å². The third kappa shape index (κ3) is 4.86. The van der Waals surface area contributed by atoms with Gasteiger partial charge in [0.15, 0.2) is 17.4 Å². The van der Waals surface area contributed by atoms with Crippen molar-refractivity contribution in [2.24, 2.45) is 15.4 Å². The molecule has 0 atom stereocenters. The van der Waals surface area contributed by atoms with E-state index in [9.17, 15) is 23.2 Å². The van der Waals surface area contributed by atoms with Crippen LogP contribution in [0.2, 0.25) is 0 Å². The molecule has 7 nitrogen and oxygen atoms in total. The van der Waals surface area contributed by atoms with Gasteiger partial charge in [-0.15, -0.1) is 6.42 Å². The highest BCUT2D eigenvalue weighted by atomic mass is 19.3. The number of furan rings is 1. The minimum absolute atomic E-state index is 0.00753. The van der Waals surface area contributed by atoms with Gasteiger partial charge in [-0.05, 0) is 48.9 Å². The zero-order valence-corrected chi connectivity index (χ0v) is 21.5. The van der Waals surface area contributed by atoms with Crippen LogP contribution < -0.4 is 5.32 Å². The maximum atomic E-state index is 14.0. The van der Waals surface area contributed by atoms with E-state index in [2.05, 4.69) is 21.2 Å². The molecular formula is C31H25F2N3O4. The summed E-state index contributed by atoms with van der Waals surface area (Å²) in [4.78, 5) is 45.9. The summed E-state index contributed by atoms with van der Waals surface area (Å²) in [5, 5.41) is 3.45. The number of Topliss-reactive ketones (excluding diaryl/α,β-unsaturated/α-hetero) is 1. The lowest BCUT2D eigenvalue weighted by molar-refractivity contribution is -0.131. The Hall–Kier alpha value is -4.45. The Labute approximate surface area is 228 Å². The summed E-state index contributed by atoms with van der Waals surface area (Å²) in [5.41, 5.74) is 0.938. The number of aliphatic imine (C=N–C) groups is 2. The van der Waals surface area contributed by atoms with Crippen molar-refractivity contribution in [1.29, 1.82) is 0 Å². The fourth-order valence-electron chi connectivity index (χ4n) is 5.35. The molecule has 3 aliphatic rings. The van der Waals surface area contributed by atoms with Crippen molar-refractivity contribution in [3.63, 3.8) is 0 Å². The van der Waals surface area contributed by atoms with Crippen LogP contribution in [0.5, 0.6) is 0 Å². The van der Waals surface area contributed by atoms with E-state index in [1.165, 1.54) is 6.21 Å². The van der Waals surface area contributed by atoms with Gasteiger partial charge in [0.2, 0.25) is 5.92 Å². The molecule has 1 aliphatic heterocycles. The van der Waals surface area contributed by atoms with E-state index in [1.54, 1.807) is 12.1 Å². The summed E-state index contributed by atoms with van der Waals surface area (Å²) in [6.45, 7) is 0. The van der Waals surface area contributed by atoms with E-state index in [0.29, 0.717) is 35.2 Å². The maximum Gasteiger partial charge on any atom is 0.290 e. The second kappa shape index (κ2) is 9.33. The lowest BCUT2D eigenvalue weighted by atomic mass is 9.74. The molecule has 2 aliphatic carbocycles. The highest BCUT2D eigenvalue weighted by Gasteiger charge is 2.52. The summed E-state index contributed by atoms with van der Waals surface area (Å²) in [7, 11) is 0. The third-order valence-electron chi connectivity index (χ3n) is 8.11. The number of nitrogens with zero attached hydrogens (tertiary/aromatic N) is 2. The van der Waals surface area contributed by atoms with E-state index >= 15 is 0 Å². The standard InChI is InChI=1S/C31H25F2N3O4/c1-2-29(9-10-29)17-25(37)30(11-13-31(32,33)14-12-30)36-28(39)24-16-22-8-7-21(15-23(22)40-24)19-3-5-20(6-4-19)27-34-18-26(38)35-27/h1,3-8,15-16,18H,9-14,17H2,(H,36,39). The molecule has 9 heteroatoms. The Morgan fingerprint density at radius 2 is 1.62 bits per heavy atom. The quantitative estimate of drug-likeness (QED) is 0.399. The highest BCUT2D eigenvalue weighted by Crippen LogP contribution is 2.50. The van der Waals surface area contributed by atoms with Crippen molar-refractivity contribution >= 4 is 40.6 Å². The summed E-state index contributed by atoms with van der Waals surface area (Å²) >= 11 is 0. The van der Waals surface area contributed by atoms with Gasteiger partial charge in [0.05, 0.1) is 11.8 Å². The Bertz CT molecular complexity index is 1650. The van der Waals surface area contributed by atoms with Gasteiger partial charge in [0, 0.05) is 35.6 Å². The minimum Gasteiger partial charge on any atom is -0.451 e. The van der Waals surface area contributed by atoms with Crippen LogP contribution in [0.4, 0.5) is 8.78 Å². The van der Waals surface area contributed by atoms with E-state index in [1.807, 2.05) is 36.4 Å². The summed E-state index contributed by atoms with van der Waals surface area (Å²) < 4.78 is 33.9. The monoisotopic (exact) mass is 541 g/mol. The molecule has 0 saturated heterocycles. The smallest absolute Gasteiger partial charge is 0.290 e. The fraction of sp³-hybridized carbons (Fsp3) is 0.323. The fourth-order valence-corrected chi connectivity index (χ4v) is 5.35. The number of alkyl halides is 2. The largest absolute Gasteiger partial charge is 0.451 e. The maximum absolute atomic E-state index is 14.0. The topological polar surface area (TPSA) is 101 Å². The number of amides is 2. The van der Waals surface area contributed by atoms with Gasteiger partial charge >= 0.3 is 0 Å². The van der Waals surface area contributed by atoms with Gasteiger partial charge in [-0.3, -0.25) is 14.4 Å². The number of halogens is 2. The highest BCUT2D eigenvalue weighted by molar-refractivity contribution is 6.36. The number of benzene rings is 2. The number of carbonyl (C=O) groups excluding carboxylic acids is 3. The number of carbonyl (C=O) groups is 3. The molecule has 0 bridgehead atoms. The second-order valence-corrected chi connectivity index (χ2v) is 10.9. The first-order valence-corrected chi connectivity index (χ1v) is 13.1. The van der Waals surface area contributed by atoms with Crippen LogP contribution >= 0.6 is 0 Å². The first-order valence-electron chi connectivity index (χ1n) is 13.1. The number of rotatable bonds is 7. The molecule has 2 amide bonds. The van der Waals surface area contributed by atoms with Crippen LogP contribution in [0.3, 0.4) is 0 Å². The molecule has 2 aromatic carbocycles. The number of terminal acetylenes is 1. The first kappa shape index (κ1) is 25.8. The molecule has 0 radical (unpaired) electrons. The average molecular weight is 542 g/mol. The molecule has 2 saturated carbocycles. The van der Waals surface area contributed by atoms with E-state index < -0.39 is 41.5 Å². The Morgan fingerprint density at radius 3 is 2.25 bits per heavy atom. The molecule has 1 aromatic heterocycles. The summed E-state index contributed by atoms with van der Waals surface area (Å²) in [6, 6.07) is 14.4. The average Bonchev–Trinajstić information content (AvgIpc) is 3.36. The van der Waals surface area contributed by atoms with E-state index in [4.69, 9.17) is 10.8 Å². The van der Waals surface area contributed by atoms with Crippen molar-refractivity contribution in [3.05, 3.63) is 59.9 Å². The summed E-state index contributed by atoms with van der Waals surface area (Å²) in [6.07, 6.45) is 7.00. The molecule has 1 N–H and O–H groups in total. The Balaban J connectivity index is 1.23. The third-order valence-corrected chi connectivity index (χ3v) is 8.11. The zero-order valence-electron chi connectivity index (χ0n) is 21.5. The van der Waals surface area contributed by atoms with Crippen LogP contribution in [0, 0.1) is 17.8 Å². The van der Waals surface area contributed by atoms with Gasteiger partial charge in [0.25, 0.3) is 11.8 Å². The first-order chi connectivity index (χ1) is 19.1. The number of hydrogen-bond donors (Lipinski definition) is 1. The summed E-state index contributed by atoms with van der Waals surface area (Å²) in [5.74, 6) is -1.17. The van der Waals surface area contributed by atoms with Gasteiger partial charge in [0.1, 0.15) is 5.58 Å². The van der Waals surface area contributed by atoms with Gasteiger partial charge in [-0.1, -0.05) is 42.3 Å². The predicted octanol–water partition coefficient (Wildman–Crippen LogP) is 5.51. The molecule has 202 valence electrons. The van der Waals surface area contributed by atoms with Crippen LogP contribution in [0.15, 0.2) is 62.9 Å². The van der Waals surface area contributed by atoms with Crippen LogP contribution in [-0.4, -0.2) is 41.1 Å². The molecular weight excluding hydrogens is 516 g/mol. The molecule has 40 heavy (non-hydrogen) atoms. The second-order valence-electron chi connectivity index (χ2n) is 10.9. The normalized spacial score (nSPS) is 20.1. The predicted molar refractivity (Wildman–Crippen MR) is 145 cm³/mol. The number of hydrogen-bond acceptors (Lipinski definition) is 5. The number of ketones is 1. The van der Waals surface area contributed by atoms with Crippen LogP contribution in [0.1, 0.15) is 61.1 Å². The Morgan fingerprint density at radius 1 is 0.950 bits per heavy atom. The molecule has 0 unspecified atom stereocenters. The zero-order chi connectivity index (χ0) is 28.1. The van der Waals surface area contributed by atoms with E-state index in [0.717, 1.165) is 11.1 Å². The molecule has 3 aromatic rings. The minimum atomic E-state index is -2.87. The SMILES string of the molecule is C#CC1(CC(=O)C2(NC(=O)c3cc4ccc(-c5ccc(C6=NC(=O)C=N6)cc5)cc4o3)CCC(F)(F)CC2)CC1. The number of fused-ring (bicyclic) bond motifs is 1. The van der Waals surface area contributed by atoms with Gasteiger partial charge < -0.3 is 9.73 Å². The van der Waals surface area contributed by atoms with Crippen molar-refractivity contribution in [1.82, 2.24) is 5.32 Å². The van der Waals surface area contributed by atoms with E-state index in [-0.39, 0.29) is 30.8 Å². The van der Waals surface area contributed by atoms with Gasteiger partial charge in [-0.2, -0.15) is 4.99 Å². The van der Waals surface area contributed by atoms with Crippen LogP contribution in [-0.2, 0) is 9.59 Å². The van der Waals surface area contributed by atoms with Crippen LogP contribution in [0.25, 0.3) is 22.1 Å². The lowest BCUT2D eigenvalue weighted by Crippen LogP contribution is -2.58. The molecule has 6 rings (SSSR count). The Kier molecular flexibility index (Phi) is 6.02.